The molecule has 1 aliphatic rings. The fourth-order valence-electron chi connectivity index (χ4n) is 3.27. The number of Topliss-reactive ketones (excluding diaryl/α,β-unsaturated/α-hetero) is 1. The summed E-state index contributed by atoms with van der Waals surface area (Å²) in [6, 6.07) is 11.8. The minimum atomic E-state index is -1.26. The fraction of sp³-hybridized carbons (Fsp3) is 0.259. The van der Waals surface area contributed by atoms with Crippen LogP contribution in [0.3, 0.4) is 0 Å². The van der Waals surface area contributed by atoms with E-state index in [1.807, 2.05) is 24.4 Å². The number of benzene rings is 1. The zero-order valence-electron chi connectivity index (χ0n) is 21.4. The Labute approximate surface area is 229 Å². The van der Waals surface area contributed by atoms with Crippen LogP contribution in [0.4, 0.5) is 10.2 Å². The molecule has 3 rings (SSSR count). The van der Waals surface area contributed by atoms with Crippen molar-refractivity contribution < 1.29 is 48.8 Å². The van der Waals surface area contributed by atoms with E-state index in [1.165, 1.54) is 12.1 Å². The monoisotopic (exact) mass is 559 g/mol. The first kappa shape index (κ1) is 33.1. The summed E-state index contributed by atoms with van der Waals surface area (Å²) in [5, 5.41) is 31.2. The van der Waals surface area contributed by atoms with Crippen molar-refractivity contribution >= 4 is 35.5 Å². The van der Waals surface area contributed by atoms with E-state index in [0.29, 0.717) is 36.3 Å². The molecule has 0 amide bonds. The highest BCUT2D eigenvalue weighted by atomic mass is 19.1. The topological polar surface area (TPSA) is 186 Å². The predicted molar refractivity (Wildman–Crippen MR) is 142 cm³/mol. The lowest BCUT2D eigenvalue weighted by Gasteiger charge is -2.35. The van der Waals surface area contributed by atoms with Gasteiger partial charge in [-0.3, -0.25) is 9.69 Å². The van der Waals surface area contributed by atoms with E-state index in [9.17, 15) is 28.4 Å². The van der Waals surface area contributed by atoms with Gasteiger partial charge in [0.25, 0.3) is 0 Å². The molecule has 1 saturated heterocycles. The molecule has 0 atom stereocenters. The van der Waals surface area contributed by atoms with E-state index in [-0.39, 0.29) is 11.6 Å². The number of carboxylic acids is 4. The number of rotatable bonds is 10. The number of aliphatic carboxylic acids is 4. The van der Waals surface area contributed by atoms with Crippen LogP contribution in [0.15, 0.2) is 73.0 Å². The van der Waals surface area contributed by atoms with Gasteiger partial charge in [0.05, 0.1) is 0 Å². The normalized spacial score (nSPS) is 13.1. The number of hydrogen-bond acceptors (Lipinski definition) is 8. The molecule has 2 aromatic rings. The van der Waals surface area contributed by atoms with Gasteiger partial charge in [-0.2, -0.15) is 0 Å². The van der Waals surface area contributed by atoms with Crippen LogP contribution in [0.2, 0.25) is 0 Å². The molecule has 1 fully saturated rings. The van der Waals surface area contributed by atoms with Gasteiger partial charge in [0.2, 0.25) is 0 Å². The first-order chi connectivity index (χ1) is 19.0. The SMILES string of the molecule is O=C(CCCN1CCN(c2ccccn2)CC1)c1ccc(F)cc1.O=C(O)/C=C\C(=O)O.O=C(O)/C=C\C(=O)O. The molecule has 0 unspecified atom stereocenters. The van der Waals surface area contributed by atoms with E-state index in [4.69, 9.17) is 20.4 Å². The highest BCUT2D eigenvalue weighted by Crippen LogP contribution is 2.13. The summed E-state index contributed by atoms with van der Waals surface area (Å²) in [6.45, 7) is 4.82. The summed E-state index contributed by atoms with van der Waals surface area (Å²) in [7, 11) is 0. The Bertz CT molecular complexity index is 1110. The number of pyridine rings is 1. The van der Waals surface area contributed by atoms with Gasteiger partial charge in [0.1, 0.15) is 11.6 Å². The Kier molecular flexibility index (Phi) is 15.2. The third kappa shape index (κ3) is 15.4. The molecule has 214 valence electrons. The third-order valence-electron chi connectivity index (χ3n) is 5.13. The first-order valence-electron chi connectivity index (χ1n) is 11.9. The third-order valence-corrected chi connectivity index (χ3v) is 5.13. The number of anilines is 1. The van der Waals surface area contributed by atoms with Crippen LogP contribution in [0.5, 0.6) is 0 Å². The molecule has 2 heterocycles. The second kappa shape index (κ2) is 18.4. The van der Waals surface area contributed by atoms with Gasteiger partial charge in [-0.05, 0) is 49.4 Å². The van der Waals surface area contributed by atoms with Crippen LogP contribution in [0, 0.1) is 5.82 Å². The number of carbonyl (C=O) groups is 5. The van der Waals surface area contributed by atoms with E-state index < -0.39 is 23.9 Å². The van der Waals surface area contributed by atoms with Gasteiger partial charge in [0.15, 0.2) is 5.78 Å². The van der Waals surface area contributed by atoms with Crippen LogP contribution in [-0.2, 0) is 19.2 Å². The van der Waals surface area contributed by atoms with Crippen LogP contribution >= 0.6 is 0 Å². The van der Waals surface area contributed by atoms with E-state index >= 15 is 0 Å². The number of hydrogen-bond donors (Lipinski definition) is 4. The number of carbonyl (C=O) groups excluding carboxylic acids is 1. The number of nitrogens with zero attached hydrogens (tertiary/aromatic N) is 3. The van der Waals surface area contributed by atoms with Crippen LogP contribution in [-0.4, -0.2) is 92.7 Å². The first-order valence-corrected chi connectivity index (χ1v) is 11.9. The van der Waals surface area contributed by atoms with Crippen molar-refractivity contribution in [2.45, 2.75) is 12.8 Å². The molecule has 0 radical (unpaired) electrons. The van der Waals surface area contributed by atoms with Crippen LogP contribution < -0.4 is 4.90 Å². The lowest BCUT2D eigenvalue weighted by atomic mass is 10.1. The quantitative estimate of drug-likeness (QED) is 0.246. The zero-order valence-corrected chi connectivity index (χ0v) is 21.4. The van der Waals surface area contributed by atoms with Crippen LogP contribution in [0.25, 0.3) is 0 Å². The molecule has 4 N–H and O–H groups in total. The van der Waals surface area contributed by atoms with Crippen molar-refractivity contribution in [1.82, 2.24) is 9.88 Å². The minimum Gasteiger partial charge on any atom is -0.478 e. The Hall–Kier alpha value is -4.91. The molecule has 1 aromatic carbocycles. The maximum absolute atomic E-state index is 12.9. The molecular weight excluding hydrogens is 529 g/mol. The van der Waals surface area contributed by atoms with Gasteiger partial charge in [-0.25, -0.2) is 28.6 Å². The minimum absolute atomic E-state index is 0.0853. The Morgan fingerprint density at radius 2 is 1.25 bits per heavy atom. The summed E-state index contributed by atoms with van der Waals surface area (Å²) in [6.07, 6.45) is 5.39. The molecule has 1 aliphatic heterocycles. The molecule has 12 nitrogen and oxygen atoms in total. The number of aromatic nitrogens is 1. The second-order valence-electron chi connectivity index (χ2n) is 8.07. The largest absolute Gasteiger partial charge is 0.478 e. The maximum atomic E-state index is 12.9. The average Bonchev–Trinajstić information content (AvgIpc) is 2.93. The van der Waals surface area contributed by atoms with Gasteiger partial charge in [0, 0.05) is 68.7 Å². The second-order valence-corrected chi connectivity index (χ2v) is 8.07. The number of piperazine rings is 1. The van der Waals surface area contributed by atoms with Gasteiger partial charge < -0.3 is 25.3 Å². The Morgan fingerprint density at radius 1 is 0.750 bits per heavy atom. The lowest BCUT2D eigenvalue weighted by Crippen LogP contribution is -2.46. The van der Waals surface area contributed by atoms with Crippen molar-refractivity contribution in [2.75, 3.05) is 37.6 Å². The number of ketones is 1. The molecular formula is C27H30FN3O9. The molecule has 13 heteroatoms. The van der Waals surface area contributed by atoms with Crippen molar-refractivity contribution in [3.63, 3.8) is 0 Å². The van der Waals surface area contributed by atoms with E-state index in [1.54, 1.807) is 12.1 Å². The molecule has 0 aliphatic carbocycles. The zero-order chi connectivity index (χ0) is 29.9. The van der Waals surface area contributed by atoms with Crippen molar-refractivity contribution in [3.05, 3.63) is 84.3 Å². The molecule has 1 aromatic heterocycles. The van der Waals surface area contributed by atoms with E-state index in [0.717, 1.165) is 45.0 Å². The van der Waals surface area contributed by atoms with Crippen LogP contribution in [0.1, 0.15) is 23.2 Å². The maximum Gasteiger partial charge on any atom is 0.328 e. The van der Waals surface area contributed by atoms with Crippen molar-refractivity contribution in [3.8, 4) is 0 Å². The van der Waals surface area contributed by atoms with Crippen molar-refractivity contribution in [2.24, 2.45) is 0 Å². The van der Waals surface area contributed by atoms with Gasteiger partial charge in [-0.1, -0.05) is 6.07 Å². The van der Waals surface area contributed by atoms with E-state index in [2.05, 4.69) is 14.8 Å². The molecule has 0 bridgehead atoms. The summed E-state index contributed by atoms with van der Waals surface area (Å²) < 4.78 is 12.9. The highest BCUT2D eigenvalue weighted by molar-refractivity contribution is 5.96. The number of carboxylic acid groups (broad SMARTS) is 4. The summed E-state index contributed by atoms with van der Waals surface area (Å²) in [5.41, 5.74) is 0.594. The average molecular weight is 560 g/mol. The fourth-order valence-corrected chi connectivity index (χ4v) is 3.27. The predicted octanol–water partition coefficient (Wildman–Crippen LogP) is 2.43. The van der Waals surface area contributed by atoms with Gasteiger partial charge in [-0.15, -0.1) is 0 Å². The summed E-state index contributed by atoms with van der Waals surface area (Å²) in [5.74, 6) is -4.22. The molecule has 0 spiro atoms. The smallest absolute Gasteiger partial charge is 0.328 e. The molecule has 0 saturated carbocycles. The van der Waals surface area contributed by atoms with Gasteiger partial charge >= 0.3 is 23.9 Å². The Balaban J connectivity index is 0.000000412. The lowest BCUT2D eigenvalue weighted by molar-refractivity contribution is -0.134. The summed E-state index contributed by atoms with van der Waals surface area (Å²) in [4.78, 5) is 59.4. The number of halogens is 1. The highest BCUT2D eigenvalue weighted by Gasteiger charge is 2.17. The molecule has 40 heavy (non-hydrogen) atoms. The summed E-state index contributed by atoms with van der Waals surface area (Å²) >= 11 is 0. The standard InChI is InChI=1S/C19H22FN3O.2C4H4O4/c20-17-8-6-16(7-9-17)18(24)4-3-11-22-12-14-23(15-13-22)19-5-1-2-10-21-19;2*5-3(6)1-2-4(7)8/h1-2,5-10H,3-4,11-15H2;2*1-2H,(H,5,6)(H,7,8)/b;2*2-1-. The Morgan fingerprint density at radius 3 is 1.68 bits per heavy atom. The van der Waals surface area contributed by atoms with Crippen molar-refractivity contribution in [1.29, 1.82) is 0 Å².